The van der Waals surface area contributed by atoms with E-state index in [4.69, 9.17) is 8.92 Å². The fourth-order valence-electron chi connectivity index (χ4n) is 4.08. The Kier molecular flexibility index (Phi) is 12.1. The Hall–Kier alpha value is -0.113. The van der Waals surface area contributed by atoms with Gasteiger partial charge in [-0.1, -0.05) is 83.5 Å². The molecule has 11 heteroatoms. The monoisotopic (exact) mass is 486 g/mol. The average molecular weight is 487 g/mol. The number of ether oxygens (including phenoxy) is 1. The molecular weight excluding hydrogens is 444 g/mol. The molecule has 5 N–H and O–H groups in total. The summed E-state index contributed by atoms with van der Waals surface area (Å²) in [5.41, 5.74) is 0. The second-order valence-corrected chi connectivity index (χ2v) is 15.8. The summed E-state index contributed by atoms with van der Waals surface area (Å²) in [7, 11) is -6.88. The summed E-state index contributed by atoms with van der Waals surface area (Å²) >= 11 is 0. The van der Waals surface area contributed by atoms with Gasteiger partial charge in [0.15, 0.2) is 0 Å². The number of hydrogen-bond donors (Lipinski definition) is 5. The number of unbranched alkanes of at least 4 members (excludes halogenated alkanes) is 7. The van der Waals surface area contributed by atoms with Crippen LogP contribution < -0.4 is 0 Å². The van der Waals surface area contributed by atoms with Crippen molar-refractivity contribution < 1.29 is 42.3 Å². The summed E-state index contributed by atoms with van der Waals surface area (Å²) in [5, 5.41) is 40.0. The van der Waals surface area contributed by atoms with Gasteiger partial charge in [0.25, 0.3) is 0 Å². The molecule has 0 spiro atoms. The van der Waals surface area contributed by atoms with Gasteiger partial charge in [-0.25, -0.2) is 4.18 Å². The molecule has 1 rings (SSSR count). The van der Waals surface area contributed by atoms with Crippen LogP contribution in [0, 0.1) is 0 Å². The number of aliphatic hydroxyl groups is 4. The Morgan fingerprint density at radius 1 is 0.935 bits per heavy atom. The standard InChI is InChI=1S/C20H42O9SSi/c1-4-5-6-7-8-9-10-11-13-31(2,3)14-12-20(29-30(25,26)27)19(24)18(23)17(22)16(15-21)28-20/h16-19,21-24H,4-15H2,1-3H3,(H,25,26,27)/t16-,17-,18+,19-,20+/m1/s1. The summed E-state index contributed by atoms with van der Waals surface area (Å²) < 4.78 is 42.3. The lowest BCUT2D eigenvalue weighted by molar-refractivity contribution is -0.338. The first kappa shape index (κ1) is 28.9. The molecule has 0 amide bonds. The van der Waals surface area contributed by atoms with Crippen LogP contribution in [0.1, 0.15) is 64.7 Å². The topological polar surface area (TPSA) is 154 Å². The Morgan fingerprint density at radius 3 is 2.00 bits per heavy atom. The van der Waals surface area contributed by atoms with Crippen molar-refractivity contribution in [3.05, 3.63) is 0 Å². The first-order valence-corrected chi connectivity index (χ1v) is 16.2. The van der Waals surface area contributed by atoms with E-state index in [1.54, 1.807) is 0 Å². The second kappa shape index (κ2) is 12.9. The first-order chi connectivity index (χ1) is 14.4. The highest BCUT2D eigenvalue weighted by molar-refractivity contribution is 7.80. The molecule has 5 atom stereocenters. The molecule has 9 nitrogen and oxygen atoms in total. The summed E-state index contributed by atoms with van der Waals surface area (Å²) in [6, 6.07) is 1.49. The molecule has 31 heavy (non-hydrogen) atoms. The molecule has 0 aliphatic carbocycles. The molecule has 0 aromatic carbocycles. The Balaban J connectivity index is 2.69. The molecule has 0 radical (unpaired) electrons. The van der Waals surface area contributed by atoms with Gasteiger partial charge >= 0.3 is 10.4 Å². The Morgan fingerprint density at radius 2 is 1.48 bits per heavy atom. The molecule has 0 unspecified atom stereocenters. The van der Waals surface area contributed by atoms with Crippen LogP contribution in [0.4, 0.5) is 0 Å². The quantitative estimate of drug-likeness (QED) is 0.133. The molecule has 186 valence electrons. The highest BCUT2D eigenvalue weighted by Crippen LogP contribution is 2.38. The van der Waals surface area contributed by atoms with Crippen LogP contribution in [0.2, 0.25) is 25.2 Å². The van der Waals surface area contributed by atoms with Gasteiger partial charge in [-0.2, -0.15) is 8.42 Å². The molecule has 1 aliphatic heterocycles. The van der Waals surface area contributed by atoms with Gasteiger partial charge in [0.05, 0.1) is 6.61 Å². The average Bonchev–Trinajstić information content (AvgIpc) is 2.68. The van der Waals surface area contributed by atoms with Crippen LogP contribution in [-0.2, 0) is 19.3 Å². The fourth-order valence-corrected chi connectivity index (χ4v) is 7.14. The van der Waals surface area contributed by atoms with E-state index in [0.29, 0.717) is 6.04 Å². The van der Waals surface area contributed by atoms with Gasteiger partial charge < -0.3 is 25.2 Å². The maximum Gasteiger partial charge on any atom is 0.400 e. The van der Waals surface area contributed by atoms with Gasteiger partial charge in [-0.05, 0) is 0 Å². The van der Waals surface area contributed by atoms with E-state index in [9.17, 15) is 33.4 Å². The van der Waals surface area contributed by atoms with Crippen LogP contribution in [-0.4, -0.2) is 78.3 Å². The van der Waals surface area contributed by atoms with Gasteiger partial charge in [-0.3, -0.25) is 4.55 Å². The van der Waals surface area contributed by atoms with Gasteiger partial charge in [0.2, 0.25) is 5.79 Å². The summed E-state index contributed by atoms with van der Waals surface area (Å²) in [6.07, 6.45) is 2.86. The minimum atomic E-state index is -5.03. The molecule has 0 saturated carbocycles. The predicted octanol–water partition coefficient (Wildman–Crippen LogP) is 2.22. The van der Waals surface area contributed by atoms with Crippen molar-refractivity contribution in [1.29, 1.82) is 0 Å². The largest absolute Gasteiger partial charge is 0.400 e. The lowest BCUT2D eigenvalue weighted by atomic mass is 9.91. The van der Waals surface area contributed by atoms with E-state index < -0.39 is 55.3 Å². The molecule has 1 aliphatic rings. The van der Waals surface area contributed by atoms with Crippen molar-refractivity contribution in [3.63, 3.8) is 0 Å². The second-order valence-electron chi connectivity index (χ2n) is 9.48. The van der Waals surface area contributed by atoms with E-state index in [1.807, 2.05) is 0 Å². The third-order valence-electron chi connectivity index (χ3n) is 6.14. The van der Waals surface area contributed by atoms with Crippen LogP contribution in [0.25, 0.3) is 0 Å². The molecule has 0 aromatic heterocycles. The lowest BCUT2D eigenvalue weighted by Crippen LogP contribution is -2.66. The number of hydrogen-bond acceptors (Lipinski definition) is 8. The smallest absolute Gasteiger partial charge is 0.394 e. The zero-order chi connectivity index (χ0) is 23.7. The van der Waals surface area contributed by atoms with Crippen LogP contribution in [0.3, 0.4) is 0 Å². The van der Waals surface area contributed by atoms with Gasteiger partial charge in [0.1, 0.15) is 24.4 Å². The molecule has 0 bridgehead atoms. The molecule has 1 fully saturated rings. The number of rotatable bonds is 15. The zero-order valence-corrected chi connectivity index (χ0v) is 20.9. The Bertz CT molecular complexity index is 614. The fraction of sp³-hybridized carbons (Fsp3) is 1.00. The van der Waals surface area contributed by atoms with Crippen molar-refractivity contribution in [2.45, 2.75) is 120 Å². The van der Waals surface area contributed by atoms with Gasteiger partial charge in [0, 0.05) is 14.5 Å². The maximum atomic E-state index is 11.4. The highest BCUT2D eigenvalue weighted by atomic mass is 32.3. The van der Waals surface area contributed by atoms with Crippen molar-refractivity contribution in [3.8, 4) is 0 Å². The van der Waals surface area contributed by atoms with E-state index in [2.05, 4.69) is 20.0 Å². The first-order valence-electron chi connectivity index (χ1n) is 11.4. The molecule has 0 aromatic rings. The Labute approximate surface area is 187 Å². The van der Waals surface area contributed by atoms with E-state index in [-0.39, 0.29) is 6.42 Å². The minimum Gasteiger partial charge on any atom is -0.394 e. The van der Waals surface area contributed by atoms with Crippen molar-refractivity contribution in [1.82, 2.24) is 0 Å². The minimum absolute atomic E-state index is 0.107. The van der Waals surface area contributed by atoms with E-state index in [1.165, 1.54) is 38.5 Å². The third-order valence-corrected chi connectivity index (χ3v) is 9.94. The van der Waals surface area contributed by atoms with Crippen LogP contribution in [0.5, 0.6) is 0 Å². The maximum absolute atomic E-state index is 11.4. The predicted molar refractivity (Wildman–Crippen MR) is 120 cm³/mol. The highest BCUT2D eigenvalue weighted by Gasteiger charge is 2.56. The normalized spacial score (nSPS) is 29.9. The molecule has 1 saturated heterocycles. The van der Waals surface area contributed by atoms with Crippen molar-refractivity contribution in [2.75, 3.05) is 6.61 Å². The SMILES string of the molecule is CCCCCCCCCC[Si](C)(C)CC[C@@]1(OS(=O)(=O)O)O[C@H](CO)[C@@H](O)[C@H](O)[C@H]1O. The van der Waals surface area contributed by atoms with Crippen molar-refractivity contribution in [2.24, 2.45) is 0 Å². The van der Waals surface area contributed by atoms with Crippen LogP contribution >= 0.6 is 0 Å². The zero-order valence-electron chi connectivity index (χ0n) is 19.1. The summed E-state index contributed by atoms with van der Waals surface area (Å²) in [4.78, 5) is 0. The summed E-state index contributed by atoms with van der Waals surface area (Å²) in [6.45, 7) is 5.75. The summed E-state index contributed by atoms with van der Waals surface area (Å²) in [5.74, 6) is -2.27. The van der Waals surface area contributed by atoms with E-state index in [0.717, 1.165) is 18.9 Å². The van der Waals surface area contributed by atoms with Crippen molar-refractivity contribution >= 4 is 18.5 Å². The lowest BCUT2D eigenvalue weighted by Gasteiger charge is -2.47. The molecular formula is C20H42O9SSi. The third kappa shape index (κ3) is 9.73. The number of aliphatic hydroxyl groups excluding tert-OH is 4. The van der Waals surface area contributed by atoms with Gasteiger partial charge in [-0.15, -0.1) is 0 Å². The molecule has 1 heterocycles. The van der Waals surface area contributed by atoms with Crippen LogP contribution in [0.15, 0.2) is 0 Å². The van der Waals surface area contributed by atoms with E-state index >= 15 is 0 Å².